The molecule has 12 heteroatoms. The number of methoxy groups -OCH3 is 1. The second-order valence-corrected chi connectivity index (χ2v) is 6.40. The molecule has 0 bridgehead atoms. The topological polar surface area (TPSA) is 114 Å². The zero-order valence-corrected chi connectivity index (χ0v) is 16.9. The molecule has 170 valence electrons. The minimum atomic E-state index is -4.46. The first-order valence-corrected chi connectivity index (χ1v) is 9.30. The molecule has 32 heavy (non-hydrogen) atoms. The van der Waals surface area contributed by atoms with Crippen molar-refractivity contribution in [2.75, 3.05) is 38.0 Å². The number of carbonyl (C=O) groups excluding carboxylic acids is 1. The molecular weight excluding hydrogens is 431 g/mol. The highest BCUT2D eigenvalue weighted by Crippen LogP contribution is 2.26. The van der Waals surface area contributed by atoms with Crippen LogP contribution < -0.4 is 20.5 Å². The third-order valence-corrected chi connectivity index (χ3v) is 4.07. The number of carbonyl (C=O) groups is 1. The summed E-state index contributed by atoms with van der Waals surface area (Å²) in [6.45, 7) is -0.729. The zero-order valence-electron chi connectivity index (χ0n) is 16.9. The number of halogens is 3. The van der Waals surface area contributed by atoms with Crippen molar-refractivity contribution in [2.24, 2.45) is 0 Å². The summed E-state index contributed by atoms with van der Waals surface area (Å²) in [5, 5.41) is 6.68. The Morgan fingerprint density at radius 3 is 2.59 bits per heavy atom. The fourth-order valence-electron chi connectivity index (χ4n) is 2.60. The maximum absolute atomic E-state index is 12.6. The Balaban J connectivity index is 1.71. The predicted octanol–water partition coefficient (Wildman–Crippen LogP) is 3.07. The van der Waals surface area contributed by atoms with Gasteiger partial charge in [0.15, 0.2) is 6.61 Å². The SMILES string of the molecule is COCCOc1ccccc1-n1ncc(C(=O)Nc2ccc(OCC(F)(F)F)cn2)c1N. The maximum Gasteiger partial charge on any atom is 0.422 e. The predicted molar refractivity (Wildman–Crippen MR) is 109 cm³/mol. The first kappa shape index (κ1) is 22.9. The number of nitrogen functional groups attached to an aromatic ring is 1. The van der Waals surface area contributed by atoms with E-state index in [0.29, 0.717) is 24.7 Å². The van der Waals surface area contributed by atoms with Gasteiger partial charge < -0.3 is 25.3 Å². The maximum atomic E-state index is 12.6. The highest BCUT2D eigenvalue weighted by atomic mass is 19.4. The average Bonchev–Trinajstić information content (AvgIpc) is 3.14. The Labute approximate surface area is 180 Å². The van der Waals surface area contributed by atoms with Gasteiger partial charge in [0, 0.05) is 7.11 Å². The highest BCUT2D eigenvalue weighted by Gasteiger charge is 2.28. The van der Waals surface area contributed by atoms with Gasteiger partial charge in [-0.3, -0.25) is 4.79 Å². The number of benzene rings is 1. The normalized spacial score (nSPS) is 11.2. The van der Waals surface area contributed by atoms with Crippen molar-refractivity contribution in [3.63, 3.8) is 0 Å². The van der Waals surface area contributed by atoms with Crippen LogP contribution in [0.15, 0.2) is 48.8 Å². The molecule has 3 aromatic rings. The second-order valence-electron chi connectivity index (χ2n) is 6.40. The number of ether oxygens (including phenoxy) is 3. The Morgan fingerprint density at radius 2 is 1.91 bits per heavy atom. The zero-order chi connectivity index (χ0) is 23.1. The smallest absolute Gasteiger partial charge is 0.422 e. The lowest BCUT2D eigenvalue weighted by atomic mass is 10.2. The summed E-state index contributed by atoms with van der Waals surface area (Å²) in [7, 11) is 1.56. The first-order valence-electron chi connectivity index (χ1n) is 9.30. The largest absolute Gasteiger partial charge is 0.489 e. The molecular formula is C20H20F3N5O4. The summed E-state index contributed by atoms with van der Waals surface area (Å²) in [4.78, 5) is 16.5. The van der Waals surface area contributed by atoms with E-state index < -0.39 is 18.7 Å². The van der Waals surface area contributed by atoms with E-state index in [1.54, 1.807) is 31.4 Å². The Kier molecular flexibility index (Phi) is 7.15. The van der Waals surface area contributed by atoms with Crippen LogP contribution in [0.3, 0.4) is 0 Å². The number of aromatic nitrogens is 3. The quantitative estimate of drug-likeness (QED) is 0.481. The van der Waals surface area contributed by atoms with Crippen molar-refractivity contribution in [1.82, 2.24) is 14.8 Å². The molecule has 2 aromatic heterocycles. The molecule has 0 atom stereocenters. The van der Waals surface area contributed by atoms with E-state index in [1.165, 1.54) is 23.0 Å². The van der Waals surface area contributed by atoms with Crippen molar-refractivity contribution in [3.05, 3.63) is 54.4 Å². The molecule has 0 aliphatic rings. The number of para-hydroxylation sites is 2. The molecule has 0 fully saturated rings. The van der Waals surface area contributed by atoms with Gasteiger partial charge in [0.1, 0.15) is 41.0 Å². The number of rotatable bonds is 9. The van der Waals surface area contributed by atoms with Gasteiger partial charge in [-0.05, 0) is 24.3 Å². The molecule has 9 nitrogen and oxygen atoms in total. The molecule has 1 aromatic carbocycles. The standard InChI is InChI=1S/C20H20F3N5O4/c1-30-8-9-31-16-5-3-2-4-15(16)28-18(24)14(11-26-28)19(29)27-17-7-6-13(10-25-17)32-12-20(21,22)23/h2-7,10-11H,8-9,12,24H2,1H3,(H,25,27,29). The molecule has 2 heterocycles. The lowest BCUT2D eigenvalue weighted by molar-refractivity contribution is -0.153. The molecule has 0 spiro atoms. The first-order chi connectivity index (χ1) is 15.3. The van der Waals surface area contributed by atoms with E-state index in [-0.39, 0.29) is 22.9 Å². The van der Waals surface area contributed by atoms with Gasteiger partial charge in [-0.1, -0.05) is 12.1 Å². The number of hydrogen-bond acceptors (Lipinski definition) is 7. The second kappa shape index (κ2) is 10.0. The highest BCUT2D eigenvalue weighted by molar-refractivity contribution is 6.06. The van der Waals surface area contributed by atoms with Gasteiger partial charge in [0.05, 0.1) is 19.0 Å². The Morgan fingerprint density at radius 1 is 1.12 bits per heavy atom. The van der Waals surface area contributed by atoms with Crippen LogP contribution in [0.5, 0.6) is 11.5 Å². The average molecular weight is 451 g/mol. The summed E-state index contributed by atoms with van der Waals surface area (Å²) in [5.41, 5.74) is 6.74. The van der Waals surface area contributed by atoms with Crippen molar-refractivity contribution in [3.8, 4) is 17.2 Å². The summed E-state index contributed by atoms with van der Waals surface area (Å²) >= 11 is 0. The molecule has 3 rings (SSSR count). The molecule has 0 radical (unpaired) electrons. The van der Waals surface area contributed by atoms with Crippen LogP contribution in [0.4, 0.5) is 24.8 Å². The fraction of sp³-hybridized carbons (Fsp3) is 0.250. The number of pyridine rings is 1. The van der Waals surface area contributed by atoms with E-state index in [2.05, 4.69) is 20.1 Å². The summed E-state index contributed by atoms with van der Waals surface area (Å²) in [6, 6.07) is 9.59. The third-order valence-electron chi connectivity index (χ3n) is 4.07. The van der Waals surface area contributed by atoms with Gasteiger partial charge in [0.2, 0.25) is 0 Å². The van der Waals surface area contributed by atoms with E-state index in [4.69, 9.17) is 15.2 Å². The van der Waals surface area contributed by atoms with Crippen LogP contribution in [0.1, 0.15) is 10.4 Å². The lowest BCUT2D eigenvalue weighted by Gasteiger charge is -2.12. The van der Waals surface area contributed by atoms with E-state index in [1.807, 2.05) is 0 Å². The van der Waals surface area contributed by atoms with Crippen LogP contribution in [0.25, 0.3) is 5.69 Å². The molecule has 0 aliphatic heterocycles. The van der Waals surface area contributed by atoms with Crippen LogP contribution in [0, 0.1) is 0 Å². The minimum absolute atomic E-state index is 0.0652. The number of amides is 1. The number of alkyl halides is 3. The van der Waals surface area contributed by atoms with Crippen molar-refractivity contribution < 1.29 is 32.2 Å². The minimum Gasteiger partial charge on any atom is -0.489 e. The monoisotopic (exact) mass is 451 g/mol. The number of hydrogen-bond donors (Lipinski definition) is 2. The number of nitrogens with zero attached hydrogens (tertiary/aromatic N) is 3. The number of nitrogens with one attached hydrogen (secondary N) is 1. The van der Waals surface area contributed by atoms with Crippen molar-refractivity contribution >= 4 is 17.5 Å². The summed E-state index contributed by atoms with van der Waals surface area (Å²) in [5.74, 6) is -0.0108. The van der Waals surface area contributed by atoms with Gasteiger partial charge in [0.25, 0.3) is 5.91 Å². The van der Waals surface area contributed by atoms with Gasteiger partial charge in [-0.15, -0.1) is 0 Å². The number of anilines is 2. The Bertz CT molecular complexity index is 1050. The third kappa shape index (κ3) is 5.88. The van der Waals surface area contributed by atoms with Gasteiger partial charge in [-0.2, -0.15) is 18.3 Å². The summed E-state index contributed by atoms with van der Waals surface area (Å²) < 4.78 is 53.2. The molecule has 0 saturated carbocycles. The lowest BCUT2D eigenvalue weighted by Crippen LogP contribution is -2.19. The summed E-state index contributed by atoms with van der Waals surface area (Å²) in [6.07, 6.45) is -2.10. The van der Waals surface area contributed by atoms with Crippen LogP contribution in [-0.4, -0.2) is 53.8 Å². The van der Waals surface area contributed by atoms with Gasteiger partial charge in [-0.25, -0.2) is 9.67 Å². The molecule has 1 amide bonds. The van der Waals surface area contributed by atoms with Crippen LogP contribution in [-0.2, 0) is 4.74 Å². The molecule has 3 N–H and O–H groups in total. The molecule has 0 unspecified atom stereocenters. The Hall–Kier alpha value is -3.80. The molecule has 0 saturated heterocycles. The number of nitrogens with two attached hydrogens (primary N) is 1. The van der Waals surface area contributed by atoms with E-state index in [9.17, 15) is 18.0 Å². The van der Waals surface area contributed by atoms with Crippen LogP contribution >= 0.6 is 0 Å². The molecule has 0 aliphatic carbocycles. The van der Waals surface area contributed by atoms with Gasteiger partial charge >= 0.3 is 6.18 Å². The van der Waals surface area contributed by atoms with Crippen molar-refractivity contribution in [1.29, 1.82) is 0 Å². The van der Waals surface area contributed by atoms with Crippen molar-refractivity contribution in [2.45, 2.75) is 6.18 Å². The van der Waals surface area contributed by atoms with Crippen LogP contribution in [0.2, 0.25) is 0 Å². The van der Waals surface area contributed by atoms with E-state index in [0.717, 1.165) is 6.20 Å². The fourth-order valence-corrected chi connectivity index (χ4v) is 2.60. The van der Waals surface area contributed by atoms with E-state index >= 15 is 0 Å².